The minimum atomic E-state index is 0.00949. The summed E-state index contributed by atoms with van der Waals surface area (Å²) >= 11 is 12.2. The van der Waals surface area contributed by atoms with E-state index in [0.29, 0.717) is 22.5 Å². The van der Waals surface area contributed by atoms with Crippen LogP contribution in [0.25, 0.3) is 0 Å². The number of rotatable bonds is 7. The molecule has 0 aliphatic carbocycles. The summed E-state index contributed by atoms with van der Waals surface area (Å²) in [5, 5.41) is 4.61. The normalized spacial score (nSPS) is 13.4. The molecule has 2 aromatic rings. The van der Waals surface area contributed by atoms with Crippen LogP contribution in [0.5, 0.6) is 5.75 Å². The summed E-state index contributed by atoms with van der Waals surface area (Å²) in [6, 6.07) is 13.6. The molecule has 0 aliphatic rings. The standard InChI is InChI=1S/C19H23Cl2NO/c1-4-13(2)16-7-5-6-8-19(16)23-14(3)12-22-18-11-15(20)9-10-17(18)21/h5-11,13-14,22H,4,12H2,1-3H3. The van der Waals surface area contributed by atoms with Crippen molar-refractivity contribution in [2.75, 3.05) is 11.9 Å². The molecule has 2 unspecified atom stereocenters. The van der Waals surface area contributed by atoms with Gasteiger partial charge in [-0.15, -0.1) is 0 Å². The number of para-hydroxylation sites is 1. The Morgan fingerprint density at radius 2 is 1.83 bits per heavy atom. The lowest BCUT2D eigenvalue weighted by Gasteiger charge is -2.21. The Kier molecular flexibility index (Phi) is 6.61. The summed E-state index contributed by atoms with van der Waals surface area (Å²) in [6.45, 7) is 7.10. The second-order valence-corrected chi connectivity index (χ2v) is 6.62. The monoisotopic (exact) mass is 351 g/mol. The molecule has 124 valence electrons. The minimum Gasteiger partial charge on any atom is -0.489 e. The Morgan fingerprint density at radius 1 is 1.09 bits per heavy atom. The molecule has 0 bridgehead atoms. The van der Waals surface area contributed by atoms with Crippen LogP contribution in [0.1, 0.15) is 38.7 Å². The minimum absolute atomic E-state index is 0.00949. The zero-order valence-electron chi connectivity index (χ0n) is 13.8. The molecule has 2 aromatic carbocycles. The third-order valence-electron chi connectivity index (χ3n) is 3.90. The number of nitrogens with one attached hydrogen (secondary N) is 1. The zero-order valence-corrected chi connectivity index (χ0v) is 15.3. The topological polar surface area (TPSA) is 21.3 Å². The van der Waals surface area contributed by atoms with Crippen LogP contribution in [-0.4, -0.2) is 12.6 Å². The number of anilines is 1. The summed E-state index contributed by atoms with van der Waals surface area (Å²) in [5.41, 5.74) is 2.08. The highest BCUT2D eigenvalue weighted by Crippen LogP contribution is 2.29. The van der Waals surface area contributed by atoms with Crippen LogP contribution in [0.15, 0.2) is 42.5 Å². The van der Waals surface area contributed by atoms with Gasteiger partial charge in [-0.05, 0) is 49.1 Å². The third kappa shape index (κ3) is 5.05. The van der Waals surface area contributed by atoms with E-state index in [9.17, 15) is 0 Å². The van der Waals surface area contributed by atoms with Gasteiger partial charge in [0.1, 0.15) is 11.9 Å². The molecular formula is C19H23Cl2NO. The van der Waals surface area contributed by atoms with Crippen LogP contribution >= 0.6 is 23.2 Å². The first-order valence-electron chi connectivity index (χ1n) is 7.95. The number of benzene rings is 2. The van der Waals surface area contributed by atoms with Crippen molar-refractivity contribution in [3.8, 4) is 5.75 Å². The number of ether oxygens (including phenoxy) is 1. The predicted octanol–water partition coefficient (Wildman–Crippen LogP) is 6.39. The van der Waals surface area contributed by atoms with Gasteiger partial charge in [-0.25, -0.2) is 0 Å². The van der Waals surface area contributed by atoms with Crippen molar-refractivity contribution in [1.29, 1.82) is 0 Å². The first kappa shape index (κ1) is 18.0. The molecule has 2 atom stereocenters. The molecule has 2 rings (SSSR count). The molecule has 0 fully saturated rings. The van der Waals surface area contributed by atoms with Crippen molar-refractivity contribution in [3.05, 3.63) is 58.1 Å². The molecule has 23 heavy (non-hydrogen) atoms. The molecular weight excluding hydrogens is 329 g/mol. The first-order valence-corrected chi connectivity index (χ1v) is 8.71. The Balaban J connectivity index is 2.00. The summed E-state index contributed by atoms with van der Waals surface area (Å²) in [7, 11) is 0. The second kappa shape index (κ2) is 8.47. The molecule has 1 N–H and O–H groups in total. The molecule has 0 aliphatic heterocycles. The molecule has 4 heteroatoms. The van der Waals surface area contributed by atoms with Crippen molar-refractivity contribution in [2.24, 2.45) is 0 Å². The van der Waals surface area contributed by atoms with Crippen molar-refractivity contribution in [2.45, 2.75) is 39.2 Å². The summed E-state index contributed by atoms with van der Waals surface area (Å²) in [4.78, 5) is 0. The quantitative estimate of drug-likeness (QED) is 0.624. The van der Waals surface area contributed by atoms with Gasteiger partial charge in [-0.1, -0.05) is 55.2 Å². The molecule has 0 heterocycles. The second-order valence-electron chi connectivity index (χ2n) is 5.78. The Labute approximate surface area is 148 Å². The summed E-state index contributed by atoms with van der Waals surface area (Å²) < 4.78 is 6.12. The Morgan fingerprint density at radius 3 is 2.57 bits per heavy atom. The number of hydrogen-bond donors (Lipinski definition) is 1. The van der Waals surface area contributed by atoms with E-state index in [-0.39, 0.29) is 6.10 Å². The van der Waals surface area contributed by atoms with E-state index >= 15 is 0 Å². The molecule has 0 saturated carbocycles. The highest BCUT2D eigenvalue weighted by atomic mass is 35.5. The van der Waals surface area contributed by atoms with Gasteiger partial charge in [-0.3, -0.25) is 0 Å². The van der Waals surface area contributed by atoms with E-state index < -0.39 is 0 Å². The van der Waals surface area contributed by atoms with Gasteiger partial charge in [0.15, 0.2) is 0 Å². The fourth-order valence-electron chi connectivity index (χ4n) is 2.36. The van der Waals surface area contributed by atoms with Gasteiger partial charge in [0.2, 0.25) is 0 Å². The van der Waals surface area contributed by atoms with E-state index in [1.54, 1.807) is 12.1 Å². The van der Waals surface area contributed by atoms with E-state index in [1.807, 2.05) is 25.1 Å². The van der Waals surface area contributed by atoms with Crippen LogP contribution in [0.2, 0.25) is 10.0 Å². The van der Waals surface area contributed by atoms with Gasteiger partial charge in [0.05, 0.1) is 17.3 Å². The maximum Gasteiger partial charge on any atom is 0.123 e. The molecule has 0 radical (unpaired) electrons. The van der Waals surface area contributed by atoms with Crippen LogP contribution in [-0.2, 0) is 0 Å². The van der Waals surface area contributed by atoms with Gasteiger partial charge in [0, 0.05) is 5.02 Å². The van der Waals surface area contributed by atoms with Crippen LogP contribution in [0.4, 0.5) is 5.69 Å². The zero-order chi connectivity index (χ0) is 16.8. The average Bonchev–Trinajstić information content (AvgIpc) is 2.55. The van der Waals surface area contributed by atoms with Crippen molar-refractivity contribution >= 4 is 28.9 Å². The van der Waals surface area contributed by atoms with Crippen LogP contribution < -0.4 is 10.1 Å². The van der Waals surface area contributed by atoms with E-state index in [2.05, 4.69) is 31.3 Å². The van der Waals surface area contributed by atoms with Gasteiger partial charge >= 0.3 is 0 Å². The SMILES string of the molecule is CCC(C)c1ccccc1OC(C)CNc1cc(Cl)ccc1Cl. The Hall–Kier alpha value is -1.38. The van der Waals surface area contributed by atoms with Crippen molar-refractivity contribution < 1.29 is 4.74 Å². The molecule has 0 saturated heterocycles. The average molecular weight is 352 g/mol. The van der Waals surface area contributed by atoms with E-state index in [1.165, 1.54) is 5.56 Å². The molecule has 0 amide bonds. The highest BCUT2D eigenvalue weighted by molar-refractivity contribution is 6.35. The maximum atomic E-state index is 6.16. The summed E-state index contributed by atoms with van der Waals surface area (Å²) in [6.07, 6.45) is 1.10. The fourth-order valence-corrected chi connectivity index (χ4v) is 2.72. The third-order valence-corrected chi connectivity index (χ3v) is 4.46. The van der Waals surface area contributed by atoms with Crippen molar-refractivity contribution in [3.63, 3.8) is 0 Å². The van der Waals surface area contributed by atoms with Crippen LogP contribution in [0, 0.1) is 0 Å². The number of halogens is 2. The smallest absolute Gasteiger partial charge is 0.123 e. The van der Waals surface area contributed by atoms with Gasteiger partial charge in [-0.2, -0.15) is 0 Å². The van der Waals surface area contributed by atoms with E-state index in [4.69, 9.17) is 27.9 Å². The molecule has 0 aromatic heterocycles. The summed E-state index contributed by atoms with van der Waals surface area (Å²) in [5.74, 6) is 1.43. The predicted molar refractivity (Wildman–Crippen MR) is 100 cm³/mol. The van der Waals surface area contributed by atoms with E-state index in [0.717, 1.165) is 17.9 Å². The first-order chi connectivity index (χ1) is 11.0. The largest absolute Gasteiger partial charge is 0.489 e. The fraction of sp³-hybridized carbons (Fsp3) is 0.368. The van der Waals surface area contributed by atoms with Crippen molar-refractivity contribution in [1.82, 2.24) is 0 Å². The lowest BCUT2D eigenvalue weighted by atomic mass is 9.98. The molecule has 2 nitrogen and oxygen atoms in total. The van der Waals surface area contributed by atoms with Gasteiger partial charge < -0.3 is 10.1 Å². The lowest BCUT2D eigenvalue weighted by molar-refractivity contribution is 0.231. The Bertz CT molecular complexity index is 645. The molecule has 0 spiro atoms. The maximum absolute atomic E-state index is 6.16. The van der Waals surface area contributed by atoms with Gasteiger partial charge in [0.25, 0.3) is 0 Å². The lowest BCUT2D eigenvalue weighted by Crippen LogP contribution is -2.23. The number of hydrogen-bond acceptors (Lipinski definition) is 2. The highest BCUT2D eigenvalue weighted by Gasteiger charge is 2.12. The van der Waals surface area contributed by atoms with Crippen LogP contribution in [0.3, 0.4) is 0 Å².